The van der Waals surface area contributed by atoms with E-state index in [-0.39, 0.29) is 22.1 Å². The number of anilines is 1. The number of morpholine rings is 1. The number of halogens is 2. The lowest BCUT2D eigenvalue weighted by Gasteiger charge is -2.28. The van der Waals surface area contributed by atoms with Crippen LogP contribution in [-0.4, -0.2) is 44.2 Å². The fraction of sp³-hybridized carbons (Fsp3) is 0.276. The summed E-state index contributed by atoms with van der Waals surface area (Å²) in [7, 11) is 1.55. The minimum Gasteiger partial charge on any atom is -0.496 e. The maximum Gasteiger partial charge on any atom is 0.280 e. The second-order valence-corrected chi connectivity index (χ2v) is 9.62. The van der Waals surface area contributed by atoms with Gasteiger partial charge in [0.25, 0.3) is 6.43 Å². The molecule has 1 aliphatic rings. The van der Waals surface area contributed by atoms with E-state index in [0.29, 0.717) is 35.8 Å². The number of aromatic nitrogens is 1. The van der Waals surface area contributed by atoms with E-state index < -0.39 is 6.43 Å². The maximum absolute atomic E-state index is 13.3. The number of pyridine rings is 1. The lowest BCUT2D eigenvalue weighted by molar-refractivity contribution is 0.104. The van der Waals surface area contributed by atoms with E-state index in [2.05, 4.69) is 16.0 Å². The monoisotopic (exact) mass is 535 g/mol. The third-order valence-electron chi connectivity index (χ3n) is 6.16. The van der Waals surface area contributed by atoms with Gasteiger partial charge < -0.3 is 14.4 Å². The topological polar surface area (TPSA) is 75.4 Å². The molecule has 0 spiro atoms. The molecule has 4 rings (SSSR count). The summed E-state index contributed by atoms with van der Waals surface area (Å²) in [4.78, 5) is 19.0. The number of carbonyl (C=O) groups is 1. The number of alkyl halides is 2. The second-order valence-electron chi connectivity index (χ2n) is 8.66. The molecule has 0 bridgehead atoms. The number of nitriles is 1. The molecular formula is C29H27F2N3O3S. The number of aryl methyl sites for hydroxylation is 1. The number of hydrogen-bond acceptors (Lipinski definition) is 7. The van der Waals surface area contributed by atoms with Crippen molar-refractivity contribution in [3.05, 3.63) is 88.1 Å². The summed E-state index contributed by atoms with van der Waals surface area (Å²) in [5.41, 5.74) is 3.60. The molecule has 196 valence electrons. The van der Waals surface area contributed by atoms with Crippen molar-refractivity contribution >= 4 is 29.3 Å². The van der Waals surface area contributed by atoms with Crippen molar-refractivity contribution in [2.45, 2.75) is 24.1 Å². The molecule has 3 aromatic rings. The molecule has 9 heteroatoms. The van der Waals surface area contributed by atoms with E-state index in [4.69, 9.17) is 9.47 Å². The fourth-order valence-corrected chi connectivity index (χ4v) is 5.15. The summed E-state index contributed by atoms with van der Waals surface area (Å²) < 4.78 is 37.4. The standard InChI is InChI=1S/C29H27F2N3O3S/c1-19-15-25(28(30)31)33-29(24(19)17-32)38-18-22-16-20(4-10-27(22)36-2)3-9-26(35)21-5-7-23(8-6-21)34-11-13-37-14-12-34/h3-10,15-16,28H,11-14,18H2,1-2H3/b9-3+. The predicted molar refractivity (Wildman–Crippen MR) is 144 cm³/mol. The zero-order valence-corrected chi connectivity index (χ0v) is 21.9. The van der Waals surface area contributed by atoms with Gasteiger partial charge >= 0.3 is 0 Å². The Bertz CT molecular complexity index is 1360. The molecule has 0 aliphatic carbocycles. The molecule has 0 N–H and O–H groups in total. The highest BCUT2D eigenvalue weighted by molar-refractivity contribution is 7.98. The summed E-state index contributed by atoms with van der Waals surface area (Å²) >= 11 is 1.19. The number of rotatable bonds is 9. The summed E-state index contributed by atoms with van der Waals surface area (Å²) in [6, 6.07) is 16.3. The third kappa shape index (κ3) is 6.57. The van der Waals surface area contributed by atoms with Crippen molar-refractivity contribution in [1.82, 2.24) is 4.98 Å². The number of ketones is 1. The molecule has 6 nitrogen and oxygen atoms in total. The summed E-state index contributed by atoms with van der Waals surface area (Å²) in [5, 5.41) is 9.76. The Morgan fingerprint density at radius 2 is 1.95 bits per heavy atom. The Balaban J connectivity index is 1.48. The van der Waals surface area contributed by atoms with Crippen LogP contribution in [0.2, 0.25) is 0 Å². The molecule has 0 amide bonds. The first-order chi connectivity index (χ1) is 18.4. The van der Waals surface area contributed by atoms with E-state index in [1.54, 1.807) is 26.2 Å². The average molecular weight is 536 g/mol. The number of nitrogens with zero attached hydrogens (tertiary/aromatic N) is 3. The van der Waals surface area contributed by atoms with E-state index >= 15 is 0 Å². The van der Waals surface area contributed by atoms with Gasteiger partial charge in [-0.2, -0.15) is 5.26 Å². The van der Waals surface area contributed by atoms with E-state index in [1.807, 2.05) is 36.4 Å². The van der Waals surface area contributed by atoms with Gasteiger partial charge in [-0.3, -0.25) is 4.79 Å². The van der Waals surface area contributed by atoms with Gasteiger partial charge in [0.15, 0.2) is 5.78 Å². The molecule has 1 saturated heterocycles. The van der Waals surface area contributed by atoms with Crippen molar-refractivity contribution in [2.24, 2.45) is 0 Å². The smallest absolute Gasteiger partial charge is 0.280 e. The van der Waals surface area contributed by atoms with Gasteiger partial charge in [-0.25, -0.2) is 13.8 Å². The Morgan fingerprint density at radius 3 is 2.61 bits per heavy atom. The molecule has 38 heavy (non-hydrogen) atoms. The highest BCUT2D eigenvalue weighted by Crippen LogP contribution is 2.32. The normalized spacial score (nSPS) is 13.6. The van der Waals surface area contributed by atoms with Crippen LogP contribution in [0.3, 0.4) is 0 Å². The van der Waals surface area contributed by atoms with Crippen molar-refractivity contribution < 1.29 is 23.0 Å². The minimum atomic E-state index is -2.73. The zero-order valence-electron chi connectivity index (χ0n) is 21.1. The number of thioether (sulfide) groups is 1. The molecule has 0 atom stereocenters. The van der Waals surface area contributed by atoms with Crippen LogP contribution >= 0.6 is 11.8 Å². The van der Waals surface area contributed by atoms with Crippen molar-refractivity contribution in [2.75, 3.05) is 38.3 Å². The lowest BCUT2D eigenvalue weighted by Crippen LogP contribution is -2.36. The lowest BCUT2D eigenvalue weighted by atomic mass is 10.1. The minimum absolute atomic E-state index is 0.118. The largest absolute Gasteiger partial charge is 0.496 e. The van der Waals surface area contributed by atoms with Crippen LogP contribution in [0.25, 0.3) is 6.08 Å². The first-order valence-corrected chi connectivity index (χ1v) is 13.0. The van der Waals surface area contributed by atoms with Crippen LogP contribution in [-0.2, 0) is 10.5 Å². The summed E-state index contributed by atoms with van der Waals surface area (Å²) in [6.07, 6.45) is 0.525. The first kappa shape index (κ1) is 27.3. The summed E-state index contributed by atoms with van der Waals surface area (Å²) in [5.74, 6) is 0.836. The van der Waals surface area contributed by atoms with Crippen LogP contribution in [0, 0.1) is 18.3 Å². The molecular weight excluding hydrogens is 508 g/mol. The maximum atomic E-state index is 13.3. The Kier molecular flexibility index (Phi) is 9.10. The molecule has 0 saturated carbocycles. The fourth-order valence-electron chi connectivity index (χ4n) is 4.11. The number of carbonyl (C=O) groups excluding carboxylic acids is 1. The van der Waals surface area contributed by atoms with Gasteiger partial charge in [0, 0.05) is 35.7 Å². The molecule has 1 fully saturated rings. The van der Waals surface area contributed by atoms with Crippen LogP contribution in [0.15, 0.2) is 59.6 Å². The molecule has 1 aromatic heterocycles. The van der Waals surface area contributed by atoms with Crippen molar-refractivity contribution in [3.63, 3.8) is 0 Å². The van der Waals surface area contributed by atoms with E-state index in [9.17, 15) is 18.8 Å². The van der Waals surface area contributed by atoms with Crippen molar-refractivity contribution in [1.29, 1.82) is 5.26 Å². The average Bonchev–Trinajstić information content (AvgIpc) is 2.95. The highest BCUT2D eigenvalue weighted by atomic mass is 32.2. The van der Waals surface area contributed by atoms with Gasteiger partial charge in [-0.15, -0.1) is 11.8 Å². The zero-order chi connectivity index (χ0) is 27.1. The number of benzene rings is 2. The van der Waals surface area contributed by atoms with Gasteiger partial charge in [0.2, 0.25) is 0 Å². The molecule has 0 radical (unpaired) electrons. The van der Waals surface area contributed by atoms with Gasteiger partial charge in [0.1, 0.15) is 22.5 Å². The van der Waals surface area contributed by atoms with Crippen LogP contribution < -0.4 is 9.64 Å². The molecule has 2 heterocycles. The van der Waals surface area contributed by atoms with E-state index in [0.717, 1.165) is 29.9 Å². The Hall–Kier alpha value is -3.74. The first-order valence-electron chi connectivity index (χ1n) is 12.0. The quantitative estimate of drug-likeness (QED) is 0.183. The molecule has 0 unspecified atom stereocenters. The Labute approximate surface area is 224 Å². The van der Waals surface area contributed by atoms with Crippen LogP contribution in [0.4, 0.5) is 14.5 Å². The van der Waals surface area contributed by atoms with Gasteiger partial charge in [-0.1, -0.05) is 12.1 Å². The Morgan fingerprint density at radius 1 is 1.21 bits per heavy atom. The predicted octanol–water partition coefficient (Wildman–Crippen LogP) is 6.23. The van der Waals surface area contributed by atoms with Crippen LogP contribution in [0.1, 0.15) is 44.7 Å². The highest BCUT2D eigenvalue weighted by Gasteiger charge is 2.17. The van der Waals surface area contributed by atoms with Gasteiger partial charge in [-0.05, 0) is 66.6 Å². The molecule has 2 aromatic carbocycles. The van der Waals surface area contributed by atoms with E-state index in [1.165, 1.54) is 23.9 Å². The summed E-state index contributed by atoms with van der Waals surface area (Å²) in [6.45, 7) is 4.68. The van der Waals surface area contributed by atoms with Gasteiger partial charge in [0.05, 0.1) is 25.9 Å². The number of methoxy groups -OCH3 is 1. The SMILES string of the molecule is COc1ccc(/C=C/C(=O)c2ccc(N3CCOCC3)cc2)cc1CSc1nc(C(F)F)cc(C)c1C#N. The third-order valence-corrected chi connectivity index (χ3v) is 7.19. The van der Waals surface area contributed by atoms with Crippen molar-refractivity contribution in [3.8, 4) is 11.8 Å². The number of ether oxygens (including phenoxy) is 2. The number of allylic oxidation sites excluding steroid dienone is 1. The van der Waals surface area contributed by atoms with Crippen LogP contribution in [0.5, 0.6) is 5.75 Å². The number of hydrogen-bond donors (Lipinski definition) is 0. The second kappa shape index (κ2) is 12.7. The molecule has 1 aliphatic heterocycles.